The van der Waals surface area contributed by atoms with Crippen molar-refractivity contribution >= 4 is 41.1 Å². The van der Waals surface area contributed by atoms with Gasteiger partial charge in [-0.25, -0.2) is 14.6 Å². The predicted octanol–water partition coefficient (Wildman–Crippen LogP) is 5.50. The summed E-state index contributed by atoms with van der Waals surface area (Å²) >= 11 is 1.56. The van der Waals surface area contributed by atoms with Gasteiger partial charge in [0.1, 0.15) is 30.0 Å². The summed E-state index contributed by atoms with van der Waals surface area (Å²) in [5.74, 6) is -1.29. The molecule has 1 fully saturated rings. The maximum atomic E-state index is 14.2. The second-order valence-corrected chi connectivity index (χ2v) is 17.1. The minimum atomic E-state index is -1.06. The third-order valence-corrected chi connectivity index (χ3v) is 10.3. The molecule has 1 aliphatic rings. The van der Waals surface area contributed by atoms with Gasteiger partial charge < -0.3 is 34.9 Å². The first-order chi connectivity index (χ1) is 26.9. The zero-order chi connectivity index (χ0) is 41.9. The number of likely N-dealkylation sites (tertiary alicyclic amines) is 1. The number of unbranched alkanes of at least 4 members (excludes halogenated alkanes) is 2. The van der Waals surface area contributed by atoms with Gasteiger partial charge in [0.25, 0.3) is 0 Å². The number of nitrogens with one attached hydrogen (secondary N) is 2. The van der Waals surface area contributed by atoms with Gasteiger partial charge >= 0.3 is 12.1 Å². The zero-order valence-electron chi connectivity index (χ0n) is 34.3. The van der Waals surface area contributed by atoms with Crippen molar-refractivity contribution in [3.05, 3.63) is 70.9 Å². The second kappa shape index (κ2) is 19.9. The van der Waals surface area contributed by atoms with E-state index >= 15 is 0 Å². The Bertz CT molecular complexity index is 1830. The molecule has 310 valence electrons. The van der Waals surface area contributed by atoms with E-state index < -0.39 is 59.0 Å². The number of benzene rings is 2. The van der Waals surface area contributed by atoms with E-state index in [9.17, 15) is 29.1 Å². The molecule has 1 unspecified atom stereocenters. The van der Waals surface area contributed by atoms with Crippen molar-refractivity contribution in [3.8, 4) is 16.2 Å². The molecule has 4 rings (SSSR count). The van der Waals surface area contributed by atoms with Crippen LogP contribution in [0.15, 0.2) is 54.0 Å². The van der Waals surface area contributed by atoms with E-state index in [1.165, 1.54) is 16.9 Å². The number of hydrogen-bond acceptors (Lipinski definition) is 11. The molecule has 0 radical (unpaired) electrons. The molecule has 0 saturated carbocycles. The molecule has 1 saturated heterocycles. The van der Waals surface area contributed by atoms with Gasteiger partial charge in [0.05, 0.1) is 41.5 Å². The quantitative estimate of drug-likeness (QED) is 0.124. The lowest BCUT2D eigenvalue weighted by atomic mass is 9.85. The molecular weight excluding hydrogens is 751 g/mol. The van der Waals surface area contributed by atoms with Crippen LogP contribution in [0.1, 0.15) is 88.8 Å². The first-order valence-corrected chi connectivity index (χ1v) is 20.1. The molecule has 1 aliphatic heterocycles. The number of rotatable bonds is 16. The van der Waals surface area contributed by atoms with E-state index in [0.29, 0.717) is 37.2 Å². The van der Waals surface area contributed by atoms with Crippen molar-refractivity contribution in [2.75, 3.05) is 33.4 Å². The Morgan fingerprint density at radius 3 is 2.26 bits per heavy atom. The Labute approximate surface area is 339 Å². The summed E-state index contributed by atoms with van der Waals surface area (Å²) in [7, 11) is 1.32. The van der Waals surface area contributed by atoms with Crippen LogP contribution in [-0.2, 0) is 30.4 Å². The fraction of sp³-hybridized carbons (Fsp3) is 0.524. The van der Waals surface area contributed by atoms with Gasteiger partial charge in [-0.1, -0.05) is 45.0 Å². The molecule has 0 aliphatic carbocycles. The standard InChI is InChI=1S/C42H57N5O9S/c1-27-35(57-26-44-27)29-14-12-28(13-15-29)23-43-37(50)33-22-31(48)24-47(33)38(51)36(41(2,3)4)45-34(49)25-46(40(53)56-42(5,6)7)20-10-9-11-21-55-32-18-16-30(17-19-32)39(52)54-8/h12-19,26,31,33,36,48H,9-11,20-25H2,1-8H3,(H,43,50)(H,45,49)/t31-,33+,36?/m1/s1. The van der Waals surface area contributed by atoms with E-state index in [-0.39, 0.29) is 32.6 Å². The molecule has 4 amide bonds. The summed E-state index contributed by atoms with van der Waals surface area (Å²) in [5.41, 5.74) is 3.50. The molecule has 0 spiro atoms. The number of methoxy groups -OCH3 is 1. The monoisotopic (exact) mass is 807 g/mol. The Morgan fingerprint density at radius 1 is 0.982 bits per heavy atom. The molecule has 14 nitrogen and oxygen atoms in total. The maximum Gasteiger partial charge on any atom is 0.410 e. The molecule has 2 heterocycles. The minimum Gasteiger partial charge on any atom is -0.494 e. The van der Waals surface area contributed by atoms with Gasteiger partial charge in [-0.15, -0.1) is 11.3 Å². The third-order valence-electron chi connectivity index (χ3n) is 9.31. The molecule has 1 aromatic heterocycles. The Hall–Kier alpha value is -5.02. The van der Waals surface area contributed by atoms with Gasteiger partial charge in [0, 0.05) is 26.1 Å². The van der Waals surface area contributed by atoms with E-state index in [1.807, 2.05) is 31.2 Å². The number of aryl methyl sites for hydroxylation is 1. The number of hydrogen-bond donors (Lipinski definition) is 3. The van der Waals surface area contributed by atoms with Gasteiger partial charge in [0.15, 0.2) is 0 Å². The van der Waals surface area contributed by atoms with Crippen LogP contribution < -0.4 is 15.4 Å². The summed E-state index contributed by atoms with van der Waals surface area (Å²) < 4.78 is 16.1. The maximum absolute atomic E-state index is 14.2. The number of nitrogens with zero attached hydrogens (tertiary/aromatic N) is 3. The molecular formula is C42H57N5O9S. The number of carbonyl (C=O) groups is 5. The lowest BCUT2D eigenvalue weighted by Crippen LogP contribution is -2.59. The van der Waals surface area contributed by atoms with Crippen LogP contribution >= 0.6 is 11.3 Å². The van der Waals surface area contributed by atoms with E-state index in [4.69, 9.17) is 14.2 Å². The first kappa shape index (κ1) is 44.7. The van der Waals surface area contributed by atoms with Crippen molar-refractivity contribution in [1.82, 2.24) is 25.4 Å². The number of aliphatic hydroxyl groups excluding tert-OH is 1. The van der Waals surface area contributed by atoms with Crippen LogP contribution in [0.2, 0.25) is 0 Å². The number of aliphatic hydroxyl groups is 1. The van der Waals surface area contributed by atoms with Crippen molar-refractivity contribution in [2.45, 2.75) is 104 Å². The molecule has 57 heavy (non-hydrogen) atoms. The van der Waals surface area contributed by atoms with Crippen LogP contribution in [-0.4, -0.2) is 107 Å². The molecule has 3 aromatic rings. The normalized spacial score (nSPS) is 16.1. The SMILES string of the molecule is COC(=O)c1ccc(OCCCCCN(CC(=O)NC(C(=O)N2C[C@H](O)C[C@H]2C(=O)NCc2ccc(-c3scnc3C)cc2)C(C)(C)C)C(=O)OC(C)(C)C)cc1. The summed E-state index contributed by atoms with van der Waals surface area (Å²) in [6.07, 6.45) is 0.392. The first-order valence-electron chi connectivity index (χ1n) is 19.2. The second-order valence-electron chi connectivity index (χ2n) is 16.3. The van der Waals surface area contributed by atoms with E-state index in [1.54, 1.807) is 82.7 Å². The van der Waals surface area contributed by atoms with Crippen LogP contribution in [0, 0.1) is 12.3 Å². The number of carbonyl (C=O) groups excluding carboxylic acids is 5. The van der Waals surface area contributed by atoms with Crippen LogP contribution in [0.4, 0.5) is 4.79 Å². The van der Waals surface area contributed by atoms with Gasteiger partial charge in [-0.3, -0.25) is 19.3 Å². The van der Waals surface area contributed by atoms with Gasteiger partial charge in [0.2, 0.25) is 17.7 Å². The predicted molar refractivity (Wildman–Crippen MR) is 217 cm³/mol. The number of β-amino-alcohol motifs (C(OH)–C–C–N with tert-alkyl or cyclic N) is 1. The summed E-state index contributed by atoms with van der Waals surface area (Å²) in [5, 5.41) is 16.4. The topological polar surface area (TPSA) is 177 Å². The highest BCUT2D eigenvalue weighted by Crippen LogP contribution is 2.28. The van der Waals surface area contributed by atoms with Crippen LogP contribution in [0.3, 0.4) is 0 Å². The molecule has 15 heteroatoms. The minimum absolute atomic E-state index is 0.0606. The average Bonchev–Trinajstić information content (AvgIpc) is 3.77. The summed E-state index contributed by atoms with van der Waals surface area (Å²) in [4.78, 5) is 74.2. The zero-order valence-corrected chi connectivity index (χ0v) is 35.1. The largest absolute Gasteiger partial charge is 0.494 e. The summed E-state index contributed by atoms with van der Waals surface area (Å²) in [6, 6.07) is 12.4. The highest BCUT2D eigenvalue weighted by atomic mass is 32.1. The lowest BCUT2D eigenvalue weighted by Gasteiger charge is -2.36. The van der Waals surface area contributed by atoms with Crippen LogP contribution in [0.25, 0.3) is 10.4 Å². The van der Waals surface area contributed by atoms with E-state index in [2.05, 4.69) is 15.6 Å². The average molecular weight is 808 g/mol. The van der Waals surface area contributed by atoms with Crippen molar-refractivity contribution in [3.63, 3.8) is 0 Å². The smallest absolute Gasteiger partial charge is 0.410 e. The molecule has 2 aromatic carbocycles. The third kappa shape index (κ3) is 13.3. The van der Waals surface area contributed by atoms with Crippen LogP contribution in [0.5, 0.6) is 5.75 Å². The number of ether oxygens (including phenoxy) is 3. The summed E-state index contributed by atoms with van der Waals surface area (Å²) in [6.45, 7) is 13.0. The Balaban J connectivity index is 1.34. The van der Waals surface area contributed by atoms with Crippen molar-refractivity contribution in [1.29, 1.82) is 0 Å². The Morgan fingerprint density at radius 2 is 1.67 bits per heavy atom. The number of amides is 4. The fourth-order valence-electron chi connectivity index (χ4n) is 6.30. The lowest BCUT2D eigenvalue weighted by molar-refractivity contribution is -0.144. The molecule has 3 atom stereocenters. The van der Waals surface area contributed by atoms with E-state index in [0.717, 1.165) is 21.7 Å². The number of esters is 1. The highest BCUT2D eigenvalue weighted by molar-refractivity contribution is 7.13. The van der Waals surface area contributed by atoms with Crippen molar-refractivity contribution < 1.29 is 43.3 Å². The van der Waals surface area contributed by atoms with Crippen molar-refractivity contribution in [2.24, 2.45) is 5.41 Å². The fourth-order valence-corrected chi connectivity index (χ4v) is 7.11. The molecule has 3 N–H and O–H groups in total. The van der Waals surface area contributed by atoms with Gasteiger partial charge in [-0.05, 0) is 87.8 Å². The Kier molecular flexibility index (Phi) is 15.6. The number of aromatic nitrogens is 1. The highest BCUT2D eigenvalue weighted by Gasteiger charge is 2.44. The molecule has 0 bridgehead atoms. The number of thiazole rings is 1. The van der Waals surface area contributed by atoms with Gasteiger partial charge in [-0.2, -0.15) is 0 Å².